The molecule has 2 heteroatoms. The Morgan fingerprint density at radius 1 is 1.00 bits per heavy atom. The van der Waals surface area contributed by atoms with Crippen molar-refractivity contribution in [3.05, 3.63) is 65.2 Å². The highest BCUT2D eigenvalue weighted by Crippen LogP contribution is 2.23. The number of aryl methyl sites for hydroxylation is 1. The van der Waals surface area contributed by atoms with Crippen LogP contribution in [0.2, 0.25) is 0 Å². The van der Waals surface area contributed by atoms with Gasteiger partial charge in [0.15, 0.2) is 0 Å². The number of benzene rings is 2. The zero-order valence-corrected chi connectivity index (χ0v) is 9.07. The second-order valence-corrected chi connectivity index (χ2v) is 3.71. The zero-order chi connectivity index (χ0) is 11.5. The van der Waals surface area contributed by atoms with Crippen molar-refractivity contribution in [1.29, 1.82) is 5.41 Å². The maximum Gasteiger partial charge on any atom is 0.125 e. The molecule has 0 spiro atoms. The number of phenolic OH excluding ortho intramolecular Hbond substituents is 1. The van der Waals surface area contributed by atoms with Crippen LogP contribution < -0.4 is 0 Å². The number of phenols is 1. The van der Waals surface area contributed by atoms with Crippen LogP contribution in [0.3, 0.4) is 0 Å². The molecule has 0 aliphatic heterocycles. The van der Waals surface area contributed by atoms with Crippen molar-refractivity contribution < 1.29 is 5.11 Å². The highest BCUT2D eigenvalue weighted by atomic mass is 16.3. The molecular weight excluding hydrogens is 198 g/mol. The number of aromatic hydroxyl groups is 1. The van der Waals surface area contributed by atoms with Gasteiger partial charge >= 0.3 is 0 Å². The first-order valence-corrected chi connectivity index (χ1v) is 5.13. The fourth-order valence-corrected chi connectivity index (χ4v) is 1.73. The first-order valence-electron chi connectivity index (χ1n) is 5.13. The largest absolute Gasteiger partial charge is 0.507 e. The summed E-state index contributed by atoms with van der Waals surface area (Å²) in [5.41, 5.74) is 2.69. The van der Waals surface area contributed by atoms with Crippen molar-refractivity contribution in [3.63, 3.8) is 0 Å². The van der Waals surface area contributed by atoms with E-state index >= 15 is 0 Å². The Morgan fingerprint density at radius 2 is 1.69 bits per heavy atom. The molecule has 0 aromatic heterocycles. The second kappa shape index (κ2) is 4.19. The highest BCUT2D eigenvalue weighted by Gasteiger charge is 2.11. The third kappa shape index (κ3) is 1.82. The number of hydrogen-bond donors (Lipinski definition) is 2. The van der Waals surface area contributed by atoms with Gasteiger partial charge in [0.25, 0.3) is 0 Å². The number of nitrogens with one attached hydrogen (secondary N) is 1. The minimum absolute atomic E-state index is 0.161. The molecule has 0 atom stereocenters. The maximum absolute atomic E-state index is 9.78. The summed E-state index contributed by atoms with van der Waals surface area (Å²) in [6.07, 6.45) is 0. The van der Waals surface area contributed by atoms with Gasteiger partial charge in [-0.1, -0.05) is 42.5 Å². The summed E-state index contributed by atoms with van der Waals surface area (Å²) in [7, 11) is 0. The standard InChI is InChI=1S/C14H13NO/c1-10-6-5-9-12(16)13(10)14(15)11-7-3-2-4-8-11/h2-9,15-16H,1H3. The zero-order valence-electron chi connectivity index (χ0n) is 9.07. The fraction of sp³-hybridized carbons (Fsp3) is 0.0714. The van der Waals surface area contributed by atoms with Crippen molar-refractivity contribution in [1.82, 2.24) is 0 Å². The molecule has 2 nitrogen and oxygen atoms in total. The van der Waals surface area contributed by atoms with Crippen LogP contribution in [0.25, 0.3) is 0 Å². The molecule has 0 radical (unpaired) electrons. The third-order valence-electron chi connectivity index (χ3n) is 2.56. The average Bonchev–Trinajstić information content (AvgIpc) is 2.30. The fourth-order valence-electron chi connectivity index (χ4n) is 1.73. The molecular formula is C14H13NO. The Bertz CT molecular complexity index is 497. The van der Waals surface area contributed by atoms with Crippen LogP contribution in [0.1, 0.15) is 16.7 Å². The van der Waals surface area contributed by atoms with Crippen molar-refractivity contribution in [3.8, 4) is 5.75 Å². The summed E-state index contributed by atoms with van der Waals surface area (Å²) in [6, 6.07) is 14.7. The van der Waals surface area contributed by atoms with Gasteiger partial charge in [0, 0.05) is 11.1 Å². The molecule has 0 saturated heterocycles. The van der Waals surface area contributed by atoms with E-state index in [2.05, 4.69) is 0 Å². The quantitative estimate of drug-likeness (QED) is 0.736. The summed E-state index contributed by atoms with van der Waals surface area (Å²) < 4.78 is 0. The maximum atomic E-state index is 9.78. The molecule has 0 aliphatic rings. The molecule has 2 N–H and O–H groups in total. The molecule has 0 heterocycles. The summed E-state index contributed by atoms with van der Waals surface area (Å²) in [5.74, 6) is 0.161. The monoisotopic (exact) mass is 211 g/mol. The lowest BCUT2D eigenvalue weighted by molar-refractivity contribution is 0.473. The summed E-state index contributed by atoms with van der Waals surface area (Å²) in [4.78, 5) is 0. The van der Waals surface area contributed by atoms with Gasteiger partial charge in [-0.3, -0.25) is 5.41 Å². The SMILES string of the molecule is Cc1cccc(O)c1C(=N)c1ccccc1. The predicted molar refractivity (Wildman–Crippen MR) is 65.2 cm³/mol. The van der Waals surface area contributed by atoms with Crippen LogP contribution in [0.5, 0.6) is 5.75 Å². The molecule has 0 saturated carbocycles. The topological polar surface area (TPSA) is 44.1 Å². The van der Waals surface area contributed by atoms with Crippen LogP contribution in [-0.4, -0.2) is 10.8 Å². The molecule has 0 unspecified atom stereocenters. The Hall–Kier alpha value is -2.09. The van der Waals surface area contributed by atoms with Crippen LogP contribution >= 0.6 is 0 Å². The molecule has 2 aromatic rings. The minimum Gasteiger partial charge on any atom is -0.507 e. The van der Waals surface area contributed by atoms with E-state index in [9.17, 15) is 5.11 Å². The Morgan fingerprint density at radius 3 is 2.31 bits per heavy atom. The van der Waals surface area contributed by atoms with E-state index in [1.54, 1.807) is 12.1 Å². The van der Waals surface area contributed by atoms with E-state index in [0.29, 0.717) is 11.3 Å². The smallest absolute Gasteiger partial charge is 0.125 e. The predicted octanol–water partition coefficient (Wildman–Crippen LogP) is 3.12. The van der Waals surface area contributed by atoms with Crippen LogP contribution in [0, 0.1) is 12.3 Å². The molecule has 80 valence electrons. The summed E-state index contributed by atoms with van der Waals surface area (Å²) >= 11 is 0. The van der Waals surface area contributed by atoms with Crippen LogP contribution in [-0.2, 0) is 0 Å². The van der Waals surface area contributed by atoms with Gasteiger partial charge < -0.3 is 5.11 Å². The van der Waals surface area contributed by atoms with E-state index in [-0.39, 0.29) is 5.75 Å². The van der Waals surface area contributed by atoms with E-state index in [4.69, 9.17) is 5.41 Å². The lowest BCUT2D eigenvalue weighted by Gasteiger charge is -2.09. The Balaban J connectivity index is 2.50. The van der Waals surface area contributed by atoms with Crippen molar-refractivity contribution in [2.75, 3.05) is 0 Å². The summed E-state index contributed by atoms with van der Waals surface area (Å²) in [5, 5.41) is 17.9. The number of rotatable bonds is 2. The molecule has 0 fully saturated rings. The highest BCUT2D eigenvalue weighted by molar-refractivity contribution is 6.13. The van der Waals surface area contributed by atoms with Gasteiger partial charge in [-0.25, -0.2) is 0 Å². The second-order valence-electron chi connectivity index (χ2n) is 3.71. The molecule has 0 aliphatic carbocycles. The average molecular weight is 211 g/mol. The molecule has 16 heavy (non-hydrogen) atoms. The van der Waals surface area contributed by atoms with Gasteiger partial charge in [-0.05, 0) is 18.6 Å². The summed E-state index contributed by atoms with van der Waals surface area (Å²) in [6.45, 7) is 1.90. The van der Waals surface area contributed by atoms with E-state index in [0.717, 1.165) is 11.1 Å². The van der Waals surface area contributed by atoms with E-state index < -0.39 is 0 Å². The van der Waals surface area contributed by atoms with Gasteiger partial charge in [0.05, 0.1) is 5.71 Å². The van der Waals surface area contributed by atoms with Crippen LogP contribution in [0.15, 0.2) is 48.5 Å². The number of hydrogen-bond acceptors (Lipinski definition) is 2. The third-order valence-corrected chi connectivity index (χ3v) is 2.56. The van der Waals surface area contributed by atoms with Gasteiger partial charge in [-0.15, -0.1) is 0 Å². The lowest BCUT2D eigenvalue weighted by atomic mass is 9.97. The van der Waals surface area contributed by atoms with E-state index in [1.165, 1.54) is 0 Å². The first-order chi connectivity index (χ1) is 7.70. The van der Waals surface area contributed by atoms with Crippen molar-refractivity contribution >= 4 is 5.71 Å². The Kier molecular flexibility index (Phi) is 2.73. The molecule has 0 bridgehead atoms. The first kappa shape index (κ1) is 10.4. The molecule has 2 rings (SSSR count). The van der Waals surface area contributed by atoms with Crippen LogP contribution in [0.4, 0.5) is 0 Å². The van der Waals surface area contributed by atoms with Gasteiger partial charge in [0.1, 0.15) is 5.75 Å². The van der Waals surface area contributed by atoms with Crippen molar-refractivity contribution in [2.24, 2.45) is 0 Å². The molecule has 0 amide bonds. The lowest BCUT2D eigenvalue weighted by Crippen LogP contribution is -2.03. The van der Waals surface area contributed by atoms with Gasteiger partial charge in [0.2, 0.25) is 0 Å². The van der Waals surface area contributed by atoms with Crippen molar-refractivity contribution in [2.45, 2.75) is 6.92 Å². The van der Waals surface area contributed by atoms with Gasteiger partial charge in [-0.2, -0.15) is 0 Å². The van der Waals surface area contributed by atoms with E-state index in [1.807, 2.05) is 43.3 Å². The minimum atomic E-state index is 0.161. The Labute approximate surface area is 94.7 Å². The molecule has 2 aromatic carbocycles. The normalized spacial score (nSPS) is 10.1.